The number of ether oxygens (including phenoxy) is 1. The van der Waals surface area contributed by atoms with E-state index in [4.69, 9.17) is 11.2 Å². The minimum atomic E-state index is -0.636. The van der Waals surface area contributed by atoms with Crippen LogP contribution in [0.2, 0.25) is 0 Å². The number of benzene rings is 1. The summed E-state index contributed by atoms with van der Waals surface area (Å²) in [7, 11) is 0. The predicted molar refractivity (Wildman–Crippen MR) is 105 cm³/mol. The fourth-order valence-corrected chi connectivity index (χ4v) is 2.77. The number of halogens is 1. The smallest absolute Gasteiger partial charge is 0.312 e. The van der Waals surface area contributed by atoms with E-state index in [0.717, 1.165) is 10.0 Å². The second kappa shape index (κ2) is 8.02. The lowest BCUT2D eigenvalue weighted by Crippen LogP contribution is -2.30. The molecule has 0 atom stereocenters. The lowest BCUT2D eigenvalue weighted by atomic mass is 9.98. The third kappa shape index (κ3) is 4.51. The van der Waals surface area contributed by atoms with Crippen LogP contribution < -0.4 is 10.9 Å². The number of hydrogen-bond acceptors (Lipinski definition) is 5. The fourth-order valence-electron chi connectivity index (χ4n) is 2.29. The van der Waals surface area contributed by atoms with Gasteiger partial charge in [0.25, 0.3) is 5.56 Å². The van der Waals surface area contributed by atoms with E-state index in [1.54, 1.807) is 33.8 Å². The van der Waals surface area contributed by atoms with Crippen molar-refractivity contribution in [3.8, 4) is 12.3 Å². The highest BCUT2D eigenvalue weighted by atomic mass is 79.9. The van der Waals surface area contributed by atoms with Gasteiger partial charge >= 0.3 is 5.97 Å². The number of carbonyl (C=O) groups is 1. The molecule has 0 aliphatic rings. The Bertz CT molecular complexity index is 936. The number of aryl methyl sites for hydroxylation is 1. The van der Waals surface area contributed by atoms with Gasteiger partial charge in [-0.25, -0.2) is 4.98 Å². The molecule has 1 aromatic heterocycles. The first-order valence-electron chi connectivity index (χ1n) is 8.16. The van der Waals surface area contributed by atoms with Crippen molar-refractivity contribution in [1.29, 1.82) is 0 Å². The fraction of sp³-hybridized carbons (Fsp3) is 0.421. The van der Waals surface area contributed by atoms with Gasteiger partial charge in [0.2, 0.25) is 0 Å². The van der Waals surface area contributed by atoms with Crippen LogP contribution in [0, 0.1) is 24.7 Å². The largest absolute Gasteiger partial charge is 0.443 e. The van der Waals surface area contributed by atoms with Gasteiger partial charge in [0.15, 0.2) is 6.73 Å². The highest BCUT2D eigenvalue weighted by Crippen LogP contribution is 2.22. The van der Waals surface area contributed by atoms with Gasteiger partial charge in [0.05, 0.1) is 22.9 Å². The first-order valence-corrected chi connectivity index (χ1v) is 8.95. The highest BCUT2D eigenvalue weighted by Gasteiger charge is 2.23. The molecule has 1 heterocycles. The molecule has 2 rings (SSSR count). The van der Waals surface area contributed by atoms with E-state index in [2.05, 4.69) is 32.2 Å². The molecular weight excluding hydrogens is 398 g/mol. The monoisotopic (exact) mass is 419 g/mol. The molecule has 0 bridgehead atoms. The van der Waals surface area contributed by atoms with E-state index in [1.807, 2.05) is 6.07 Å². The number of nitrogens with zero attached hydrogens (tertiary/aromatic N) is 2. The number of rotatable bonds is 5. The molecule has 0 amide bonds. The number of hydrogen-bond donors (Lipinski definition) is 1. The molecule has 0 radical (unpaired) electrons. The van der Waals surface area contributed by atoms with Crippen molar-refractivity contribution in [2.75, 3.05) is 6.54 Å². The molecule has 26 heavy (non-hydrogen) atoms. The second-order valence-corrected chi connectivity index (χ2v) is 7.83. The molecule has 2 aromatic rings. The molecule has 0 fully saturated rings. The molecule has 0 aliphatic heterocycles. The zero-order valence-electron chi connectivity index (χ0n) is 15.4. The summed E-state index contributed by atoms with van der Waals surface area (Å²) in [6.07, 6.45) is 5.24. The van der Waals surface area contributed by atoms with Crippen LogP contribution >= 0.6 is 15.9 Å². The zero-order chi connectivity index (χ0) is 19.5. The Labute approximate surface area is 161 Å². The van der Waals surface area contributed by atoms with Crippen LogP contribution in [-0.4, -0.2) is 22.1 Å². The summed E-state index contributed by atoms with van der Waals surface area (Å²) in [6.45, 7) is 7.78. The van der Waals surface area contributed by atoms with Crippen molar-refractivity contribution in [3.05, 3.63) is 38.3 Å². The Kier molecular flexibility index (Phi) is 6.21. The summed E-state index contributed by atoms with van der Waals surface area (Å²) in [6, 6.07) is 3.59. The summed E-state index contributed by atoms with van der Waals surface area (Å²) in [4.78, 5) is 29.3. The summed E-state index contributed by atoms with van der Waals surface area (Å²) in [5.41, 5.74) is 0.592. The van der Waals surface area contributed by atoms with Crippen LogP contribution in [0.25, 0.3) is 10.9 Å². The number of aromatic nitrogens is 2. The average molecular weight is 420 g/mol. The van der Waals surface area contributed by atoms with Crippen molar-refractivity contribution >= 4 is 32.8 Å². The maximum atomic E-state index is 12.9. The molecule has 1 N–H and O–H groups in total. The lowest BCUT2D eigenvalue weighted by molar-refractivity contribution is -0.157. The van der Waals surface area contributed by atoms with Gasteiger partial charge in [-0.15, -0.1) is 6.42 Å². The van der Waals surface area contributed by atoms with Gasteiger partial charge in [-0.3, -0.25) is 14.2 Å². The third-order valence-corrected chi connectivity index (χ3v) is 4.53. The van der Waals surface area contributed by atoms with E-state index in [-0.39, 0.29) is 18.3 Å². The van der Waals surface area contributed by atoms with E-state index in [1.165, 1.54) is 4.57 Å². The van der Waals surface area contributed by atoms with Gasteiger partial charge in [-0.2, -0.15) is 0 Å². The molecule has 6 nitrogen and oxygen atoms in total. The molecule has 0 aliphatic carbocycles. The lowest BCUT2D eigenvalue weighted by Gasteiger charge is -2.18. The molecule has 0 saturated heterocycles. The number of esters is 1. The van der Waals surface area contributed by atoms with E-state index in [0.29, 0.717) is 29.8 Å². The number of carbonyl (C=O) groups excluding carboxylic acids is 1. The van der Waals surface area contributed by atoms with Crippen LogP contribution in [-0.2, 0) is 22.8 Å². The Morgan fingerprint density at radius 1 is 1.42 bits per heavy atom. The molecular formula is C19H22BrN3O3. The van der Waals surface area contributed by atoms with Crippen molar-refractivity contribution in [3.63, 3.8) is 0 Å². The molecule has 0 spiro atoms. The molecule has 1 aromatic carbocycles. The van der Waals surface area contributed by atoms with Gasteiger partial charge in [-0.05, 0) is 45.4 Å². The van der Waals surface area contributed by atoms with Crippen LogP contribution in [0.3, 0.4) is 0 Å². The number of nitrogens with one attached hydrogen (secondary N) is 1. The summed E-state index contributed by atoms with van der Waals surface area (Å²) >= 11 is 3.50. The molecule has 0 unspecified atom stereocenters. The van der Waals surface area contributed by atoms with Crippen LogP contribution in [0.5, 0.6) is 0 Å². The van der Waals surface area contributed by atoms with Crippen molar-refractivity contribution in [2.24, 2.45) is 5.41 Å². The van der Waals surface area contributed by atoms with Gasteiger partial charge in [-0.1, -0.05) is 21.9 Å². The van der Waals surface area contributed by atoms with Crippen LogP contribution in [0.4, 0.5) is 0 Å². The Balaban J connectivity index is 2.40. The molecule has 0 saturated carbocycles. The Morgan fingerprint density at radius 3 is 2.73 bits per heavy atom. The maximum Gasteiger partial charge on any atom is 0.312 e. The molecule has 138 valence electrons. The van der Waals surface area contributed by atoms with E-state index in [9.17, 15) is 9.59 Å². The topological polar surface area (TPSA) is 73.2 Å². The second-order valence-electron chi connectivity index (χ2n) is 6.97. The SMILES string of the molecule is C#CCNCc1cc2c(=O)n(COC(=O)C(C)(C)C)c(C)nc2cc1Br. The number of terminal acetylenes is 1. The number of fused-ring (bicyclic) bond motifs is 1. The minimum Gasteiger partial charge on any atom is -0.443 e. The first-order chi connectivity index (χ1) is 12.1. The van der Waals surface area contributed by atoms with Crippen molar-refractivity contribution in [1.82, 2.24) is 14.9 Å². The van der Waals surface area contributed by atoms with Gasteiger partial charge < -0.3 is 10.1 Å². The van der Waals surface area contributed by atoms with Crippen molar-refractivity contribution in [2.45, 2.75) is 41.0 Å². The zero-order valence-corrected chi connectivity index (χ0v) is 16.9. The third-order valence-electron chi connectivity index (χ3n) is 3.79. The molecule has 7 heteroatoms. The maximum absolute atomic E-state index is 12.9. The van der Waals surface area contributed by atoms with Crippen molar-refractivity contribution < 1.29 is 9.53 Å². The Hall–Kier alpha value is -2.17. The quantitative estimate of drug-likeness (QED) is 0.458. The van der Waals surface area contributed by atoms with Gasteiger partial charge in [0.1, 0.15) is 5.82 Å². The van der Waals surface area contributed by atoms with E-state index >= 15 is 0 Å². The highest BCUT2D eigenvalue weighted by molar-refractivity contribution is 9.10. The normalized spacial score (nSPS) is 11.4. The summed E-state index contributed by atoms with van der Waals surface area (Å²) in [5, 5.41) is 3.56. The predicted octanol–water partition coefficient (Wildman–Crippen LogP) is 2.74. The Morgan fingerprint density at radius 2 is 2.12 bits per heavy atom. The van der Waals surface area contributed by atoms with Crippen LogP contribution in [0.15, 0.2) is 21.4 Å². The van der Waals surface area contributed by atoms with Gasteiger partial charge in [0, 0.05) is 11.0 Å². The minimum absolute atomic E-state index is 0.162. The standard InChI is InChI=1S/C19H22BrN3O3/c1-6-7-21-10-13-8-14-16(9-15(13)20)22-12(2)23(17(14)24)11-26-18(25)19(3,4)5/h1,8-9,21H,7,10-11H2,2-5H3. The summed E-state index contributed by atoms with van der Waals surface area (Å²) < 4.78 is 7.48. The first kappa shape index (κ1) is 20.1. The van der Waals surface area contributed by atoms with Crippen LogP contribution in [0.1, 0.15) is 32.2 Å². The summed E-state index contributed by atoms with van der Waals surface area (Å²) in [5.74, 6) is 2.61. The van der Waals surface area contributed by atoms with E-state index < -0.39 is 5.41 Å². The average Bonchev–Trinajstić information content (AvgIpc) is 2.54.